The average Bonchev–Trinajstić information content (AvgIpc) is 3.21. The Bertz CT molecular complexity index is 663. The number of nitrogens with zero attached hydrogens (tertiary/aromatic N) is 3. The van der Waals surface area contributed by atoms with E-state index in [2.05, 4.69) is 33.9 Å². The molecule has 0 radical (unpaired) electrons. The van der Waals surface area contributed by atoms with Crippen molar-refractivity contribution in [3.8, 4) is 6.01 Å². The first kappa shape index (κ1) is 16.0. The molecule has 2 fully saturated rings. The highest BCUT2D eigenvalue weighted by Gasteiger charge is 2.43. The minimum absolute atomic E-state index is 0.267. The second-order valence-corrected chi connectivity index (χ2v) is 7.94. The van der Waals surface area contributed by atoms with Crippen molar-refractivity contribution < 1.29 is 9.47 Å². The fourth-order valence-electron chi connectivity index (χ4n) is 3.82. The predicted octanol–water partition coefficient (Wildman–Crippen LogP) is 2.90. The van der Waals surface area contributed by atoms with E-state index in [-0.39, 0.29) is 6.10 Å². The van der Waals surface area contributed by atoms with Gasteiger partial charge in [-0.2, -0.15) is 0 Å². The van der Waals surface area contributed by atoms with Gasteiger partial charge in [-0.1, -0.05) is 0 Å². The minimum atomic E-state index is 0.267. The third-order valence-corrected chi connectivity index (χ3v) is 5.94. The van der Waals surface area contributed by atoms with Crippen molar-refractivity contribution in [3.05, 3.63) is 40.3 Å². The number of hydrogen-bond donors (Lipinski definition) is 0. The van der Waals surface area contributed by atoms with E-state index in [9.17, 15) is 0 Å². The van der Waals surface area contributed by atoms with Crippen LogP contribution in [0.15, 0.2) is 30.6 Å². The summed E-state index contributed by atoms with van der Waals surface area (Å²) in [4.78, 5) is 13.7. The van der Waals surface area contributed by atoms with Crippen molar-refractivity contribution in [3.63, 3.8) is 0 Å². The molecule has 3 atom stereocenters. The van der Waals surface area contributed by atoms with E-state index in [4.69, 9.17) is 9.47 Å². The van der Waals surface area contributed by atoms with Crippen molar-refractivity contribution in [1.82, 2.24) is 14.9 Å². The number of ether oxygens (including phenoxy) is 2. The summed E-state index contributed by atoms with van der Waals surface area (Å²) < 4.78 is 11.9. The van der Waals surface area contributed by atoms with Gasteiger partial charge in [0.25, 0.3) is 0 Å². The summed E-state index contributed by atoms with van der Waals surface area (Å²) in [5.74, 6) is 0.423. The Hall–Kier alpha value is -1.50. The molecule has 6 heteroatoms. The summed E-state index contributed by atoms with van der Waals surface area (Å²) in [5.41, 5.74) is 0. The van der Waals surface area contributed by atoms with Gasteiger partial charge in [0, 0.05) is 47.2 Å². The molecule has 1 aliphatic carbocycles. The van der Waals surface area contributed by atoms with Gasteiger partial charge in [-0.25, -0.2) is 9.97 Å². The van der Waals surface area contributed by atoms with Gasteiger partial charge in [-0.15, -0.1) is 11.3 Å². The van der Waals surface area contributed by atoms with Gasteiger partial charge in [-0.05, 0) is 38.0 Å². The quantitative estimate of drug-likeness (QED) is 0.834. The molecule has 5 nitrogen and oxygen atoms in total. The van der Waals surface area contributed by atoms with Crippen LogP contribution in [-0.2, 0) is 11.3 Å². The molecule has 0 amide bonds. The summed E-state index contributed by atoms with van der Waals surface area (Å²) >= 11 is 1.90. The molecule has 24 heavy (non-hydrogen) atoms. The summed E-state index contributed by atoms with van der Waals surface area (Å²) in [7, 11) is 0. The Kier molecular flexibility index (Phi) is 4.78. The van der Waals surface area contributed by atoms with Crippen molar-refractivity contribution in [2.24, 2.45) is 5.92 Å². The lowest BCUT2D eigenvalue weighted by molar-refractivity contribution is -0.0817. The first-order chi connectivity index (χ1) is 11.8. The zero-order valence-electron chi connectivity index (χ0n) is 13.9. The summed E-state index contributed by atoms with van der Waals surface area (Å²) in [6.45, 7) is 5.68. The maximum absolute atomic E-state index is 6.12. The SMILES string of the molecule is Cc1ccc(CN2CCO[C@@H]3[C@@H](COc4ncccn4)CC[C@@H]32)s1. The van der Waals surface area contributed by atoms with Crippen molar-refractivity contribution >= 4 is 11.3 Å². The van der Waals surface area contributed by atoms with Gasteiger partial charge in [0.05, 0.1) is 19.3 Å². The van der Waals surface area contributed by atoms with E-state index >= 15 is 0 Å². The molecule has 2 aromatic rings. The molecular weight excluding hydrogens is 322 g/mol. The zero-order valence-corrected chi connectivity index (χ0v) is 14.7. The Balaban J connectivity index is 1.37. The van der Waals surface area contributed by atoms with E-state index < -0.39 is 0 Å². The summed E-state index contributed by atoms with van der Waals surface area (Å²) in [6.07, 6.45) is 6.01. The number of fused-ring (bicyclic) bond motifs is 1. The van der Waals surface area contributed by atoms with Crippen LogP contribution < -0.4 is 4.74 Å². The van der Waals surface area contributed by atoms with Crippen molar-refractivity contribution in [2.75, 3.05) is 19.8 Å². The first-order valence-corrected chi connectivity index (χ1v) is 9.42. The minimum Gasteiger partial charge on any atom is -0.463 e. The van der Waals surface area contributed by atoms with Crippen LogP contribution in [0.25, 0.3) is 0 Å². The van der Waals surface area contributed by atoms with Gasteiger partial charge in [0.2, 0.25) is 0 Å². The topological polar surface area (TPSA) is 47.5 Å². The van der Waals surface area contributed by atoms with Gasteiger partial charge in [-0.3, -0.25) is 4.90 Å². The van der Waals surface area contributed by atoms with Crippen LogP contribution in [0.1, 0.15) is 22.6 Å². The summed E-state index contributed by atoms with van der Waals surface area (Å²) in [5, 5.41) is 0. The Morgan fingerprint density at radius 1 is 1.29 bits per heavy atom. The normalized spacial score (nSPS) is 27.1. The van der Waals surface area contributed by atoms with Crippen LogP contribution in [0.5, 0.6) is 6.01 Å². The van der Waals surface area contributed by atoms with Gasteiger partial charge in [0.15, 0.2) is 0 Å². The average molecular weight is 345 g/mol. The number of thiophene rings is 1. The van der Waals surface area contributed by atoms with Crippen LogP contribution in [0.4, 0.5) is 0 Å². The highest BCUT2D eigenvalue weighted by molar-refractivity contribution is 7.11. The van der Waals surface area contributed by atoms with Crippen LogP contribution in [0.2, 0.25) is 0 Å². The maximum Gasteiger partial charge on any atom is 0.316 e. The third-order valence-electron chi connectivity index (χ3n) is 4.96. The molecule has 0 N–H and O–H groups in total. The lowest BCUT2D eigenvalue weighted by Crippen LogP contribution is -2.50. The van der Waals surface area contributed by atoms with E-state index in [1.807, 2.05) is 11.3 Å². The maximum atomic E-state index is 6.12. The molecule has 2 aromatic heterocycles. The molecule has 4 rings (SSSR count). The zero-order chi connectivity index (χ0) is 16.4. The van der Waals surface area contributed by atoms with E-state index in [0.29, 0.717) is 24.6 Å². The number of morpholine rings is 1. The molecule has 128 valence electrons. The molecule has 3 heterocycles. The molecule has 1 aliphatic heterocycles. The van der Waals surface area contributed by atoms with Crippen LogP contribution >= 0.6 is 11.3 Å². The molecular formula is C18H23N3O2S. The Morgan fingerprint density at radius 2 is 2.17 bits per heavy atom. The predicted molar refractivity (Wildman–Crippen MR) is 93.2 cm³/mol. The fourth-order valence-corrected chi connectivity index (χ4v) is 4.74. The first-order valence-electron chi connectivity index (χ1n) is 8.60. The molecule has 0 bridgehead atoms. The Labute approximate surface area is 146 Å². The fraction of sp³-hybridized carbons (Fsp3) is 0.556. The van der Waals surface area contributed by atoms with Crippen LogP contribution in [0.3, 0.4) is 0 Å². The largest absolute Gasteiger partial charge is 0.463 e. The van der Waals surface area contributed by atoms with Gasteiger partial charge < -0.3 is 9.47 Å². The van der Waals surface area contributed by atoms with E-state index in [0.717, 1.165) is 26.1 Å². The number of hydrogen-bond acceptors (Lipinski definition) is 6. The van der Waals surface area contributed by atoms with E-state index in [1.54, 1.807) is 18.5 Å². The number of aryl methyl sites for hydroxylation is 1. The molecule has 1 saturated carbocycles. The highest BCUT2D eigenvalue weighted by atomic mass is 32.1. The number of aromatic nitrogens is 2. The third kappa shape index (κ3) is 3.45. The summed E-state index contributed by atoms with van der Waals surface area (Å²) in [6, 6.07) is 7.23. The van der Waals surface area contributed by atoms with Crippen molar-refractivity contribution in [1.29, 1.82) is 0 Å². The smallest absolute Gasteiger partial charge is 0.316 e. The van der Waals surface area contributed by atoms with Crippen molar-refractivity contribution in [2.45, 2.75) is 38.5 Å². The number of rotatable bonds is 5. The molecule has 1 saturated heterocycles. The Morgan fingerprint density at radius 3 is 2.96 bits per heavy atom. The van der Waals surface area contributed by atoms with Gasteiger partial charge >= 0.3 is 6.01 Å². The van der Waals surface area contributed by atoms with Gasteiger partial charge in [0.1, 0.15) is 0 Å². The van der Waals surface area contributed by atoms with E-state index in [1.165, 1.54) is 16.2 Å². The standard InChI is InChI=1S/C18H23N3O2S/c1-13-3-5-15(24-13)11-21-9-10-22-17-14(4-6-16(17)21)12-23-18-19-7-2-8-20-18/h2-3,5,7-8,14,16-17H,4,6,9-12H2,1H3/t14-,16+,17-/m1/s1. The van der Waals surface area contributed by atoms with Crippen LogP contribution in [-0.4, -0.2) is 46.8 Å². The molecule has 0 unspecified atom stereocenters. The molecule has 0 spiro atoms. The monoisotopic (exact) mass is 345 g/mol. The highest BCUT2D eigenvalue weighted by Crippen LogP contribution is 2.36. The molecule has 0 aromatic carbocycles. The lowest BCUT2D eigenvalue weighted by atomic mass is 10.0. The second kappa shape index (κ2) is 7.17. The second-order valence-electron chi connectivity index (χ2n) is 6.57. The lowest BCUT2D eigenvalue weighted by Gasteiger charge is -2.39. The van der Waals surface area contributed by atoms with Crippen LogP contribution in [0, 0.1) is 12.8 Å². The molecule has 2 aliphatic rings.